The van der Waals surface area contributed by atoms with Gasteiger partial charge in [-0.1, -0.05) is 0 Å². The normalized spacial score (nSPS) is 12.6. The van der Waals surface area contributed by atoms with Crippen LogP contribution in [0.2, 0.25) is 0 Å². The van der Waals surface area contributed by atoms with Gasteiger partial charge in [-0.25, -0.2) is 9.37 Å². The highest BCUT2D eigenvalue weighted by Gasteiger charge is 2.14. The number of aliphatic hydroxyl groups excluding tert-OH is 1. The van der Waals surface area contributed by atoms with Gasteiger partial charge in [0.1, 0.15) is 17.7 Å². The van der Waals surface area contributed by atoms with Gasteiger partial charge in [0.15, 0.2) is 0 Å². The molecule has 0 saturated carbocycles. The van der Waals surface area contributed by atoms with Crippen molar-refractivity contribution in [1.82, 2.24) is 15.3 Å². The minimum absolute atomic E-state index is 0.172. The number of fused-ring (bicyclic) bond motifs is 1. The number of halogens is 1. The summed E-state index contributed by atoms with van der Waals surface area (Å²) < 4.78 is 13.0. The molecule has 1 aromatic heterocycles. The van der Waals surface area contributed by atoms with Crippen LogP contribution in [-0.2, 0) is 11.3 Å². The van der Waals surface area contributed by atoms with E-state index < -0.39 is 12.0 Å². The summed E-state index contributed by atoms with van der Waals surface area (Å²) in [6.45, 7) is 0.172. The number of imidazole rings is 1. The van der Waals surface area contributed by atoms with Crippen LogP contribution in [0.5, 0.6) is 0 Å². The van der Waals surface area contributed by atoms with Crippen LogP contribution in [0.25, 0.3) is 11.0 Å². The van der Waals surface area contributed by atoms with Gasteiger partial charge in [-0.15, -0.1) is 0 Å². The molecule has 1 heterocycles. The molecule has 0 unspecified atom stereocenters. The zero-order chi connectivity index (χ0) is 14.5. The van der Waals surface area contributed by atoms with Gasteiger partial charge in [-0.2, -0.15) is 11.8 Å². The average molecular weight is 297 g/mol. The molecule has 1 aromatic carbocycles. The topological polar surface area (TPSA) is 78.0 Å². The molecule has 5 nitrogen and oxygen atoms in total. The van der Waals surface area contributed by atoms with E-state index in [4.69, 9.17) is 0 Å². The van der Waals surface area contributed by atoms with Crippen molar-refractivity contribution < 1.29 is 14.3 Å². The van der Waals surface area contributed by atoms with Gasteiger partial charge < -0.3 is 15.4 Å². The Morgan fingerprint density at radius 3 is 3.15 bits per heavy atom. The molecule has 0 aliphatic carbocycles. The van der Waals surface area contributed by atoms with Crippen molar-refractivity contribution in [2.75, 3.05) is 12.0 Å². The molecule has 0 fully saturated rings. The average Bonchev–Trinajstić information content (AvgIpc) is 2.83. The number of thioether (sulfide) groups is 1. The van der Waals surface area contributed by atoms with Gasteiger partial charge in [0.25, 0.3) is 0 Å². The monoisotopic (exact) mass is 297 g/mol. The number of hydrogen-bond acceptors (Lipinski definition) is 4. The van der Waals surface area contributed by atoms with E-state index in [1.807, 2.05) is 6.26 Å². The zero-order valence-electron chi connectivity index (χ0n) is 11.0. The van der Waals surface area contributed by atoms with Gasteiger partial charge in [0.2, 0.25) is 5.91 Å². The SMILES string of the molecule is CSCC[C@@H](O)C(=O)NCc1nc2ccc(F)cc2[nH]1. The molecule has 0 radical (unpaired) electrons. The van der Waals surface area contributed by atoms with Crippen LogP contribution in [-0.4, -0.2) is 39.1 Å². The third-order valence-electron chi connectivity index (χ3n) is 2.82. The molecule has 0 bridgehead atoms. The van der Waals surface area contributed by atoms with Gasteiger partial charge in [0.05, 0.1) is 17.6 Å². The second-order valence-electron chi connectivity index (χ2n) is 4.36. The Balaban J connectivity index is 1.93. The highest BCUT2D eigenvalue weighted by Crippen LogP contribution is 2.12. The first-order chi connectivity index (χ1) is 9.60. The first-order valence-electron chi connectivity index (χ1n) is 6.19. The smallest absolute Gasteiger partial charge is 0.249 e. The first kappa shape index (κ1) is 14.8. The number of nitrogens with zero attached hydrogens (tertiary/aromatic N) is 1. The maximum absolute atomic E-state index is 13.0. The summed E-state index contributed by atoms with van der Waals surface area (Å²) in [6, 6.07) is 4.25. The van der Waals surface area contributed by atoms with E-state index in [1.165, 1.54) is 12.1 Å². The minimum atomic E-state index is -1.01. The lowest BCUT2D eigenvalue weighted by molar-refractivity contribution is -0.129. The lowest BCUT2D eigenvalue weighted by Crippen LogP contribution is -2.34. The number of aromatic amines is 1. The summed E-state index contributed by atoms with van der Waals surface area (Å²) in [7, 11) is 0. The number of amides is 1. The Morgan fingerprint density at radius 2 is 2.40 bits per heavy atom. The minimum Gasteiger partial charge on any atom is -0.383 e. The molecule has 7 heteroatoms. The van der Waals surface area contributed by atoms with Crippen LogP contribution >= 0.6 is 11.8 Å². The predicted molar refractivity (Wildman–Crippen MR) is 76.9 cm³/mol. The number of carbonyl (C=O) groups is 1. The number of aromatic nitrogens is 2. The molecule has 108 valence electrons. The van der Waals surface area contributed by atoms with Crippen molar-refractivity contribution in [3.05, 3.63) is 29.8 Å². The van der Waals surface area contributed by atoms with Crippen LogP contribution in [0.3, 0.4) is 0 Å². The second-order valence-corrected chi connectivity index (χ2v) is 5.35. The van der Waals surface area contributed by atoms with E-state index in [0.29, 0.717) is 23.3 Å². The molecule has 0 aliphatic rings. The van der Waals surface area contributed by atoms with Crippen molar-refractivity contribution in [3.8, 4) is 0 Å². The number of hydrogen-bond donors (Lipinski definition) is 3. The van der Waals surface area contributed by atoms with Crippen LogP contribution in [0.4, 0.5) is 4.39 Å². The highest BCUT2D eigenvalue weighted by molar-refractivity contribution is 7.98. The molecule has 2 rings (SSSR count). The first-order valence-corrected chi connectivity index (χ1v) is 7.58. The van der Waals surface area contributed by atoms with E-state index in [1.54, 1.807) is 17.8 Å². The number of carbonyl (C=O) groups excluding carboxylic acids is 1. The Bertz CT molecular complexity index is 602. The predicted octanol–water partition coefficient (Wildman–Crippen LogP) is 1.43. The largest absolute Gasteiger partial charge is 0.383 e. The number of rotatable bonds is 6. The molecule has 1 amide bonds. The second kappa shape index (κ2) is 6.71. The van der Waals surface area contributed by atoms with Crippen LogP contribution < -0.4 is 5.32 Å². The van der Waals surface area contributed by atoms with E-state index in [9.17, 15) is 14.3 Å². The van der Waals surface area contributed by atoms with Crippen LogP contribution in [0.1, 0.15) is 12.2 Å². The van der Waals surface area contributed by atoms with E-state index in [-0.39, 0.29) is 12.4 Å². The van der Waals surface area contributed by atoms with Crippen molar-refractivity contribution >= 4 is 28.7 Å². The number of H-pyrrole nitrogens is 1. The molecular formula is C13H16FN3O2S. The summed E-state index contributed by atoms with van der Waals surface area (Å²) in [5.41, 5.74) is 1.22. The molecule has 0 aliphatic heterocycles. The van der Waals surface area contributed by atoms with Crippen molar-refractivity contribution in [2.45, 2.75) is 19.1 Å². The maximum Gasteiger partial charge on any atom is 0.249 e. The van der Waals surface area contributed by atoms with Gasteiger partial charge >= 0.3 is 0 Å². The van der Waals surface area contributed by atoms with Gasteiger partial charge in [0, 0.05) is 0 Å². The summed E-state index contributed by atoms with van der Waals surface area (Å²) >= 11 is 1.57. The van der Waals surface area contributed by atoms with E-state index >= 15 is 0 Å². The fourth-order valence-corrected chi connectivity index (χ4v) is 2.23. The lowest BCUT2D eigenvalue weighted by Gasteiger charge is -2.09. The van der Waals surface area contributed by atoms with Crippen LogP contribution in [0.15, 0.2) is 18.2 Å². The molecule has 0 saturated heterocycles. The molecule has 2 aromatic rings. The fourth-order valence-electron chi connectivity index (χ4n) is 1.77. The fraction of sp³-hybridized carbons (Fsp3) is 0.385. The standard InChI is InChI=1S/C13H16FN3O2S/c1-20-5-4-11(18)13(19)15-7-12-16-9-3-2-8(14)6-10(9)17-12/h2-3,6,11,18H,4-5,7H2,1H3,(H,15,19)(H,16,17)/t11-/m1/s1. The quantitative estimate of drug-likeness (QED) is 0.754. The summed E-state index contributed by atoms with van der Waals surface area (Å²) in [6.07, 6.45) is 1.32. The van der Waals surface area contributed by atoms with E-state index in [0.717, 1.165) is 5.75 Å². The van der Waals surface area contributed by atoms with E-state index in [2.05, 4.69) is 15.3 Å². The van der Waals surface area contributed by atoms with Crippen LogP contribution in [0, 0.1) is 5.82 Å². The summed E-state index contributed by atoms with van der Waals surface area (Å²) in [4.78, 5) is 18.8. The van der Waals surface area contributed by atoms with Gasteiger partial charge in [-0.05, 0) is 36.6 Å². The Morgan fingerprint density at radius 1 is 1.60 bits per heavy atom. The Kier molecular flexibility index (Phi) is 4.97. The number of nitrogens with one attached hydrogen (secondary N) is 2. The molecule has 1 atom stereocenters. The van der Waals surface area contributed by atoms with Gasteiger partial charge in [-0.3, -0.25) is 4.79 Å². The Labute approximate surface area is 120 Å². The lowest BCUT2D eigenvalue weighted by atomic mass is 10.2. The zero-order valence-corrected chi connectivity index (χ0v) is 11.8. The third-order valence-corrected chi connectivity index (χ3v) is 3.47. The third kappa shape index (κ3) is 3.71. The molecule has 3 N–H and O–H groups in total. The summed E-state index contributed by atoms with van der Waals surface area (Å²) in [5, 5.41) is 12.2. The molecule has 20 heavy (non-hydrogen) atoms. The Hall–Kier alpha value is -1.60. The van der Waals surface area contributed by atoms with Crippen molar-refractivity contribution in [2.24, 2.45) is 0 Å². The molecule has 0 spiro atoms. The maximum atomic E-state index is 13.0. The van der Waals surface area contributed by atoms with Crippen molar-refractivity contribution in [1.29, 1.82) is 0 Å². The number of benzene rings is 1. The summed E-state index contributed by atoms with van der Waals surface area (Å²) in [5.74, 6) is 0.476. The molecular weight excluding hydrogens is 281 g/mol. The van der Waals surface area contributed by atoms with Crippen molar-refractivity contribution in [3.63, 3.8) is 0 Å². The number of aliphatic hydroxyl groups is 1. The highest BCUT2D eigenvalue weighted by atomic mass is 32.2.